The molecule has 2 aliphatic heterocycles. The molecule has 0 atom stereocenters. The molecule has 27 heavy (non-hydrogen) atoms. The van der Waals surface area contributed by atoms with Gasteiger partial charge in [0.2, 0.25) is 0 Å². The van der Waals surface area contributed by atoms with E-state index in [1.165, 1.54) is 0 Å². The Kier molecular flexibility index (Phi) is 5.12. The number of amides is 2. The molecule has 1 aromatic heterocycles. The molecule has 0 bridgehead atoms. The highest BCUT2D eigenvalue weighted by atomic mass is 16.5. The number of aromatic nitrogens is 1. The first-order valence-corrected chi connectivity index (χ1v) is 9.77. The van der Waals surface area contributed by atoms with E-state index in [9.17, 15) is 4.79 Å². The number of carbonyl (C=O) groups excluding carboxylic acids is 1. The molecule has 1 aromatic carbocycles. The number of hydrogen-bond donors (Lipinski definition) is 1. The van der Waals surface area contributed by atoms with Crippen molar-refractivity contribution >= 4 is 11.7 Å². The van der Waals surface area contributed by atoms with Gasteiger partial charge in [0.25, 0.3) is 0 Å². The Hall–Kier alpha value is -2.40. The monoisotopic (exact) mass is 365 g/mol. The predicted octanol–water partition coefficient (Wildman–Crippen LogP) is 4.02. The molecule has 5 heteroatoms. The number of carbonyl (C=O) groups is 1. The van der Waals surface area contributed by atoms with Crippen LogP contribution < -0.4 is 5.32 Å². The fraction of sp³-hybridized carbons (Fsp3) is 0.455. The average molecular weight is 365 g/mol. The van der Waals surface area contributed by atoms with Gasteiger partial charge in [-0.2, -0.15) is 0 Å². The largest absolute Gasteiger partial charge is 0.381 e. The van der Waals surface area contributed by atoms with Gasteiger partial charge < -0.3 is 15.0 Å². The third kappa shape index (κ3) is 4.14. The van der Waals surface area contributed by atoms with E-state index < -0.39 is 0 Å². The average Bonchev–Trinajstić information content (AvgIpc) is 3.09. The summed E-state index contributed by atoms with van der Waals surface area (Å²) in [5, 5.41) is 3.14. The summed E-state index contributed by atoms with van der Waals surface area (Å²) in [5.41, 5.74) is 4.41. The zero-order valence-corrected chi connectivity index (χ0v) is 15.9. The molecular formula is C22H27N3O2. The second-order valence-corrected chi connectivity index (χ2v) is 7.86. The molecule has 1 N–H and O–H groups in total. The van der Waals surface area contributed by atoms with Gasteiger partial charge in [-0.05, 0) is 60.9 Å². The Balaban J connectivity index is 1.42. The summed E-state index contributed by atoms with van der Waals surface area (Å²) < 4.78 is 5.50. The number of aryl methyl sites for hydroxylation is 1. The van der Waals surface area contributed by atoms with Gasteiger partial charge in [-0.3, -0.25) is 4.98 Å². The number of hydrogen-bond acceptors (Lipinski definition) is 3. The van der Waals surface area contributed by atoms with Gasteiger partial charge in [0.05, 0.1) is 0 Å². The SMILES string of the molecule is Cc1ccc(Cc2ccccn2)cc1NC(=O)N1CCC2(CCOCC2)C1. The molecule has 0 saturated carbocycles. The molecule has 0 radical (unpaired) electrons. The van der Waals surface area contributed by atoms with Gasteiger partial charge in [0, 0.05) is 50.3 Å². The number of nitrogens with one attached hydrogen (secondary N) is 1. The van der Waals surface area contributed by atoms with Crippen molar-refractivity contribution < 1.29 is 9.53 Å². The Morgan fingerprint density at radius 3 is 2.85 bits per heavy atom. The summed E-state index contributed by atoms with van der Waals surface area (Å²) in [4.78, 5) is 19.2. The van der Waals surface area contributed by atoms with Crippen molar-refractivity contribution in [2.24, 2.45) is 5.41 Å². The van der Waals surface area contributed by atoms with Gasteiger partial charge in [0.15, 0.2) is 0 Å². The first kappa shape index (κ1) is 18.0. The van der Waals surface area contributed by atoms with Gasteiger partial charge in [-0.15, -0.1) is 0 Å². The van der Waals surface area contributed by atoms with E-state index in [0.717, 1.165) is 74.5 Å². The van der Waals surface area contributed by atoms with Crippen molar-refractivity contribution in [2.75, 3.05) is 31.6 Å². The number of pyridine rings is 1. The fourth-order valence-corrected chi connectivity index (χ4v) is 4.14. The van der Waals surface area contributed by atoms with Crippen LogP contribution in [0.2, 0.25) is 0 Å². The number of nitrogens with zero attached hydrogens (tertiary/aromatic N) is 2. The zero-order valence-electron chi connectivity index (χ0n) is 15.9. The Morgan fingerprint density at radius 2 is 2.07 bits per heavy atom. The lowest BCUT2D eigenvalue weighted by Crippen LogP contribution is -2.37. The van der Waals surface area contributed by atoms with Gasteiger partial charge in [-0.1, -0.05) is 18.2 Å². The third-order valence-electron chi connectivity index (χ3n) is 5.93. The molecule has 3 heterocycles. The molecule has 2 aromatic rings. The number of benzene rings is 1. The molecule has 142 valence electrons. The van der Waals surface area contributed by atoms with E-state index in [4.69, 9.17) is 4.74 Å². The van der Waals surface area contributed by atoms with Crippen molar-refractivity contribution in [2.45, 2.75) is 32.6 Å². The summed E-state index contributed by atoms with van der Waals surface area (Å²) in [6.45, 7) is 5.35. The minimum Gasteiger partial charge on any atom is -0.381 e. The van der Waals surface area contributed by atoms with Crippen LogP contribution in [-0.4, -0.2) is 42.2 Å². The highest BCUT2D eigenvalue weighted by molar-refractivity contribution is 5.90. The molecular weight excluding hydrogens is 338 g/mol. The van der Waals surface area contributed by atoms with Gasteiger partial charge >= 0.3 is 6.03 Å². The maximum Gasteiger partial charge on any atom is 0.321 e. The molecule has 2 saturated heterocycles. The lowest BCUT2D eigenvalue weighted by Gasteiger charge is -2.33. The topological polar surface area (TPSA) is 54.5 Å². The van der Waals surface area contributed by atoms with Crippen LogP contribution in [0.4, 0.5) is 10.5 Å². The molecule has 0 aliphatic carbocycles. The van der Waals surface area contributed by atoms with E-state index in [1.54, 1.807) is 0 Å². The first-order chi connectivity index (χ1) is 13.1. The summed E-state index contributed by atoms with van der Waals surface area (Å²) in [5.74, 6) is 0. The zero-order chi connectivity index (χ0) is 18.7. The Labute approximate surface area is 160 Å². The molecule has 2 amide bonds. The number of rotatable bonds is 3. The van der Waals surface area contributed by atoms with Crippen molar-refractivity contribution in [3.05, 3.63) is 59.4 Å². The van der Waals surface area contributed by atoms with E-state index in [2.05, 4.69) is 28.5 Å². The molecule has 4 rings (SSSR count). The van der Waals surface area contributed by atoms with Crippen LogP contribution in [0.3, 0.4) is 0 Å². The predicted molar refractivity (Wildman–Crippen MR) is 106 cm³/mol. The lowest BCUT2D eigenvalue weighted by atomic mass is 9.80. The normalized spacial score (nSPS) is 18.6. The molecule has 0 unspecified atom stereocenters. The molecule has 2 fully saturated rings. The van der Waals surface area contributed by atoms with Crippen LogP contribution >= 0.6 is 0 Å². The minimum absolute atomic E-state index is 0.0106. The van der Waals surface area contributed by atoms with Crippen LogP contribution in [0.1, 0.15) is 36.1 Å². The molecule has 5 nitrogen and oxygen atoms in total. The number of urea groups is 1. The van der Waals surface area contributed by atoms with Crippen LogP contribution in [-0.2, 0) is 11.2 Å². The van der Waals surface area contributed by atoms with Crippen LogP contribution in [0.25, 0.3) is 0 Å². The standard InChI is InChI=1S/C22H27N3O2/c1-17-5-6-18(14-19-4-2-3-10-23-19)15-20(17)24-21(26)25-11-7-22(16-25)8-12-27-13-9-22/h2-6,10,15H,7-9,11-14,16H2,1H3,(H,24,26). The summed E-state index contributed by atoms with van der Waals surface area (Å²) in [6, 6.07) is 12.2. The maximum absolute atomic E-state index is 12.8. The van der Waals surface area contributed by atoms with E-state index >= 15 is 0 Å². The van der Waals surface area contributed by atoms with Crippen molar-refractivity contribution in [3.63, 3.8) is 0 Å². The van der Waals surface area contributed by atoms with E-state index in [-0.39, 0.29) is 11.4 Å². The van der Waals surface area contributed by atoms with E-state index in [1.807, 2.05) is 36.2 Å². The minimum atomic E-state index is 0.0106. The van der Waals surface area contributed by atoms with Crippen LogP contribution in [0.15, 0.2) is 42.6 Å². The van der Waals surface area contributed by atoms with Crippen LogP contribution in [0.5, 0.6) is 0 Å². The highest BCUT2D eigenvalue weighted by Crippen LogP contribution is 2.39. The van der Waals surface area contributed by atoms with Gasteiger partial charge in [-0.25, -0.2) is 4.79 Å². The number of likely N-dealkylation sites (tertiary alicyclic amines) is 1. The highest BCUT2D eigenvalue weighted by Gasteiger charge is 2.40. The maximum atomic E-state index is 12.8. The molecule has 2 aliphatic rings. The lowest BCUT2D eigenvalue weighted by molar-refractivity contribution is 0.0211. The fourth-order valence-electron chi connectivity index (χ4n) is 4.14. The Morgan fingerprint density at radius 1 is 1.22 bits per heavy atom. The third-order valence-corrected chi connectivity index (χ3v) is 5.93. The Bertz CT molecular complexity index is 800. The summed E-state index contributed by atoms with van der Waals surface area (Å²) >= 11 is 0. The van der Waals surface area contributed by atoms with Gasteiger partial charge in [0.1, 0.15) is 0 Å². The van der Waals surface area contributed by atoms with Crippen molar-refractivity contribution in [1.82, 2.24) is 9.88 Å². The van der Waals surface area contributed by atoms with Crippen LogP contribution in [0, 0.1) is 12.3 Å². The smallest absolute Gasteiger partial charge is 0.321 e. The quantitative estimate of drug-likeness (QED) is 0.894. The number of anilines is 1. The summed E-state index contributed by atoms with van der Waals surface area (Å²) in [7, 11) is 0. The first-order valence-electron chi connectivity index (χ1n) is 9.77. The molecule has 1 spiro atoms. The summed E-state index contributed by atoms with van der Waals surface area (Å²) in [6.07, 6.45) is 5.79. The number of ether oxygens (including phenoxy) is 1. The second kappa shape index (κ2) is 7.69. The van der Waals surface area contributed by atoms with E-state index in [0.29, 0.717) is 0 Å². The van der Waals surface area contributed by atoms with Crippen molar-refractivity contribution in [1.29, 1.82) is 0 Å². The van der Waals surface area contributed by atoms with Crippen molar-refractivity contribution in [3.8, 4) is 0 Å². The second-order valence-electron chi connectivity index (χ2n) is 7.86.